The second-order valence-corrected chi connectivity index (χ2v) is 7.49. The number of rotatable bonds is 5. The van der Waals surface area contributed by atoms with E-state index in [1.165, 1.54) is 34.4 Å². The summed E-state index contributed by atoms with van der Waals surface area (Å²) in [7, 11) is 0. The summed E-state index contributed by atoms with van der Waals surface area (Å²) in [5, 5.41) is 2.23. The van der Waals surface area contributed by atoms with Crippen LogP contribution >= 0.6 is 34.9 Å². The van der Waals surface area contributed by atoms with Crippen LogP contribution < -0.4 is 0 Å². The minimum atomic E-state index is -0.578. The van der Waals surface area contributed by atoms with Crippen LogP contribution in [0.2, 0.25) is 0 Å². The van der Waals surface area contributed by atoms with Gasteiger partial charge in [-0.3, -0.25) is 0 Å². The molecule has 3 rings (SSSR count). The molecular formula is C17H13F2NS3. The van der Waals surface area contributed by atoms with E-state index < -0.39 is 11.6 Å². The second-order valence-electron chi connectivity index (χ2n) is 4.70. The molecule has 0 amide bonds. The van der Waals surface area contributed by atoms with E-state index in [2.05, 4.69) is 29.2 Å². The summed E-state index contributed by atoms with van der Waals surface area (Å²) < 4.78 is 27.6. The van der Waals surface area contributed by atoms with Crippen molar-refractivity contribution >= 4 is 34.9 Å². The summed E-state index contributed by atoms with van der Waals surface area (Å²) in [5.74, 6) is -0.483. The predicted molar refractivity (Wildman–Crippen MR) is 95.3 cm³/mol. The lowest BCUT2D eigenvalue weighted by atomic mass is 10.2. The van der Waals surface area contributed by atoms with E-state index in [0.717, 1.165) is 10.6 Å². The molecule has 1 nitrogen and oxygen atoms in total. The number of nitrogens with zero attached hydrogens (tertiary/aromatic N) is 1. The fourth-order valence-electron chi connectivity index (χ4n) is 2.02. The van der Waals surface area contributed by atoms with Crippen molar-refractivity contribution in [1.82, 2.24) is 4.98 Å². The van der Waals surface area contributed by atoms with Crippen LogP contribution in [-0.2, 0) is 5.75 Å². The van der Waals surface area contributed by atoms with Crippen LogP contribution in [0.4, 0.5) is 8.78 Å². The average molecular weight is 365 g/mol. The molecule has 0 aliphatic heterocycles. The van der Waals surface area contributed by atoms with E-state index in [9.17, 15) is 8.78 Å². The largest absolute Gasteiger partial charge is 0.240 e. The molecule has 2 aromatic carbocycles. The first-order valence-corrected chi connectivity index (χ1v) is 9.92. The topological polar surface area (TPSA) is 12.9 Å². The highest BCUT2D eigenvalue weighted by molar-refractivity contribution is 7.99. The van der Waals surface area contributed by atoms with Crippen molar-refractivity contribution in [3.05, 3.63) is 65.2 Å². The molecule has 0 unspecified atom stereocenters. The maximum Gasteiger partial charge on any atom is 0.136 e. The molecule has 0 spiro atoms. The molecule has 0 fully saturated rings. The van der Waals surface area contributed by atoms with Gasteiger partial charge in [0.1, 0.15) is 16.6 Å². The van der Waals surface area contributed by atoms with Gasteiger partial charge in [-0.25, -0.2) is 13.8 Å². The monoisotopic (exact) mass is 365 g/mol. The Morgan fingerprint density at radius 3 is 2.30 bits per heavy atom. The number of benzene rings is 2. The van der Waals surface area contributed by atoms with Crippen LogP contribution in [-0.4, -0.2) is 11.2 Å². The van der Waals surface area contributed by atoms with Crippen molar-refractivity contribution < 1.29 is 8.78 Å². The van der Waals surface area contributed by atoms with Crippen molar-refractivity contribution in [2.24, 2.45) is 0 Å². The van der Waals surface area contributed by atoms with Crippen molar-refractivity contribution in [2.75, 3.05) is 6.26 Å². The van der Waals surface area contributed by atoms with Gasteiger partial charge in [-0.1, -0.05) is 6.07 Å². The minimum absolute atomic E-state index is 0.0435. The van der Waals surface area contributed by atoms with E-state index in [1.54, 1.807) is 23.5 Å². The van der Waals surface area contributed by atoms with Gasteiger partial charge in [-0.15, -0.1) is 34.9 Å². The predicted octanol–water partition coefficient (Wildman–Crippen LogP) is 6.10. The lowest BCUT2D eigenvalue weighted by Gasteiger charge is -2.02. The average Bonchev–Trinajstić information content (AvgIpc) is 3.02. The van der Waals surface area contributed by atoms with Gasteiger partial charge in [0.05, 0.1) is 11.3 Å². The molecule has 118 valence electrons. The Hall–Kier alpha value is -1.37. The van der Waals surface area contributed by atoms with Gasteiger partial charge in [-0.2, -0.15) is 0 Å². The highest BCUT2D eigenvalue weighted by atomic mass is 32.2. The molecule has 0 bridgehead atoms. The summed E-state index contributed by atoms with van der Waals surface area (Å²) in [6, 6.07) is 12.2. The molecule has 0 saturated carbocycles. The van der Waals surface area contributed by atoms with E-state index in [4.69, 9.17) is 0 Å². The highest BCUT2D eigenvalue weighted by Gasteiger charge is 2.14. The Morgan fingerprint density at radius 1 is 1.00 bits per heavy atom. The van der Waals surface area contributed by atoms with Gasteiger partial charge in [0.2, 0.25) is 0 Å². The molecule has 0 atom stereocenters. The third-order valence-corrected chi connectivity index (χ3v) is 5.87. The van der Waals surface area contributed by atoms with E-state index in [-0.39, 0.29) is 5.56 Å². The molecule has 0 saturated heterocycles. The van der Waals surface area contributed by atoms with Crippen molar-refractivity contribution in [1.29, 1.82) is 0 Å². The molecule has 0 N–H and O–H groups in total. The molecule has 3 aromatic rings. The Morgan fingerprint density at radius 2 is 1.65 bits per heavy atom. The van der Waals surface area contributed by atoms with Gasteiger partial charge >= 0.3 is 0 Å². The Bertz CT molecular complexity index is 780. The van der Waals surface area contributed by atoms with E-state index in [0.29, 0.717) is 10.8 Å². The van der Waals surface area contributed by atoms with Crippen LogP contribution in [0, 0.1) is 11.6 Å². The number of thiazole rings is 1. The van der Waals surface area contributed by atoms with Gasteiger partial charge in [0.25, 0.3) is 0 Å². The molecule has 6 heteroatoms. The summed E-state index contributed by atoms with van der Waals surface area (Å²) in [4.78, 5) is 6.73. The van der Waals surface area contributed by atoms with Crippen molar-refractivity contribution in [2.45, 2.75) is 15.5 Å². The van der Waals surface area contributed by atoms with Crippen LogP contribution in [0.3, 0.4) is 0 Å². The molecule has 1 aromatic heterocycles. The Labute approximate surface area is 146 Å². The molecule has 0 aliphatic carbocycles. The van der Waals surface area contributed by atoms with Crippen molar-refractivity contribution in [3.8, 4) is 10.6 Å². The number of thioether (sulfide) groups is 2. The molecule has 1 heterocycles. The lowest BCUT2D eigenvalue weighted by Crippen LogP contribution is -1.89. The van der Waals surface area contributed by atoms with Gasteiger partial charge < -0.3 is 0 Å². The zero-order valence-corrected chi connectivity index (χ0v) is 14.7. The van der Waals surface area contributed by atoms with E-state index >= 15 is 0 Å². The highest BCUT2D eigenvalue weighted by Crippen LogP contribution is 2.31. The fourth-order valence-corrected chi connectivity index (χ4v) is 4.19. The Kier molecular flexibility index (Phi) is 5.35. The van der Waals surface area contributed by atoms with Crippen molar-refractivity contribution in [3.63, 3.8) is 0 Å². The maximum absolute atomic E-state index is 13.8. The zero-order chi connectivity index (χ0) is 16.2. The minimum Gasteiger partial charge on any atom is -0.240 e. The van der Waals surface area contributed by atoms with Crippen LogP contribution in [0.15, 0.2) is 57.6 Å². The smallest absolute Gasteiger partial charge is 0.136 e. The van der Waals surface area contributed by atoms with Crippen LogP contribution in [0.5, 0.6) is 0 Å². The SMILES string of the molecule is CSc1ccc(SCc2csc(-c3c(F)cccc3F)n2)cc1. The normalized spacial score (nSPS) is 10.9. The summed E-state index contributed by atoms with van der Waals surface area (Å²) in [6.07, 6.45) is 2.04. The third-order valence-electron chi connectivity index (χ3n) is 3.17. The lowest BCUT2D eigenvalue weighted by molar-refractivity contribution is 0.589. The fraction of sp³-hybridized carbons (Fsp3) is 0.118. The molecule has 23 heavy (non-hydrogen) atoms. The molecule has 0 aliphatic rings. The first-order chi connectivity index (χ1) is 11.2. The maximum atomic E-state index is 13.8. The zero-order valence-electron chi connectivity index (χ0n) is 12.3. The van der Waals surface area contributed by atoms with Gasteiger partial charge in [0.15, 0.2) is 0 Å². The first-order valence-electron chi connectivity index (χ1n) is 6.83. The summed E-state index contributed by atoms with van der Waals surface area (Å²) in [6.45, 7) is 0. The third kappa shape index (κ3) is 3.94. The Balaban J connectivity index is 1.72. The number of hydrogen-bond acceptors (Lipinski definition) is 4. The second kappa shape index (κ2) is 7.47. The van der Waals surface area contributed by atoms with Crippen LogP contribution in [0.1, 0.15) is 5.69 Å². The molecule has 0 radical (unpaired) electrons. The number of hydrogen-bond donors (Lipinski definition) is 0. The van der Waals surface area contributed by atoms with Gasteiger partial charge in [-0.05, 0) is 42.7 Å². The molecular weight excluding hydrogens is 352 g/mol. The first kappa shape index (κ1) is 16.5. The number of aromatic nitrogens is 1. The summed E-state index contributed by atoms with van der Waals surface area (Å²) >= 11 is 4.63. The standard InChI is InChI=1S/C17H13F2NS3/c1-21-12-5-7-13(8-6-12)22-9-11-10-23-17(20-11)16-14(18)3-2-4-15(16)19/h2-8,10H,9H2,1H3. The van der Waals surface area contributed by atoms with Crippen LogP contribution in [0.25, 0.3) is 10.6 Å². The van der Waals surface area contributed by atoms with E-state index in [1.807, 2.05) is 11.6 Å². The number of halogens is 2. The quantitative estimate of drug-likeness (QED) is 0.507. The summed E-state index contributed by atoms with van der Waals surface area (Å²) in [5.41, 5.74) is 0.782. The van der Waals surface area contributed by atoms with Gasteiger partial charge in [0, 0.05) is 20.9 Å².